The first-order valence-corrected chi connectivity index (χ1v) is 8.35. The third-order valence-corrected chi connectivity index (χ3v) is 4.54. The van der Waals surface area contributed by atoms with E-state index in [0.717, 1.165) is 29.1 Å². The minimum Gasteiger partial charge on any atom is -0.364 e. The first-order chi connectivity index (χ1) is 10.6. The van der Waals surface area contributed by atoms with Gasteiger partial charge in [0.1, 0.15) is 17.0 Å². The minimum atomic E-state index is 0.900. The fourth-order valence-corrected chi connectivity index (χ4v) is 3.30. The first-order valence-electron chi connectivity index (χ1n) is 7.47. The lowest BCUT2D eigenvalue weighted by atomic mass is 10.0. The molecule has 2 heterocycles. The molecule has 0 atom stereocenters. The third-order valence-electron chi connectivity index (χ3n) is 3.65. The third kappa shape index (κ3) is 3.10. The van der Waals surface area contributed by atoms with Crippen LogP contribution in [0.3, 0.4) is 0 Å². The van der Waals surface area contributed by atoms with Crippen LogP contribution in [0.1, 0.15) is 5.56 Å². The average molecular weight is 313 g/mol. The van der Waals surface area contributed by atoms with Gasteiger partial charge in [-0.15, -0.1) is 11.3 Å². The number of quaternary nitrogens is 1. The maximum Gasteiger partial charge on any atom is 0.139 e. The van der Waals surface area contributed by atoms with Crippen molar-refractivity contribution in [2.45, 2.75) is 6.92 Å². The zero-order valence-corrected chi connectivity index (χ0v) is 14.0. The summed E-state index contributed by atoms with van der Waals surface area (Å²) in [6.07, 6.45) is 1.64. The highest BCUT2D eigenvalue weighted by Crippen LogP contribution is 2.36. The van der Waals surface area contributed by atoms with Crippen molar-refractivity contribution in [3.63, 3.8) is 0 Å². The van der Waals surface area contributed by atoms with Gasteiger partial charge in [-0.05, 0) is 12.5 Å². The van der Waals surface area contributed by atoms with Gasteiger partial charge in [-0.3, -0.25) is 0 Å². The van der Waals surface area contributed by atoms with Crippen LogP contribution in [-0.4, -0.2) is 37.2 Å². The predicted octanol–water partition coefficient (Wildman–Crippen LogP) is 2.22. The second kappa shape index (κ2) is 6.42. The van der Waals surface area contributed by atoms with Crippen LogP contribution in [0.25, 0.3) is 21.3 Å². The zero-order valence-electron chi connectivity index (χ0n) is 13.2. The predicted molar refractivity (Wildman–Crippen MR) is 93.8 cm³/mol. The number of nitrogens with one attached hydrogen (secondary N) is 2. The maximum absolute atomic E-state index is 4.45. The van der Waals surface area contributed by atoms with Crippen LogP contribution in [0.15, 0.2) is 36.0 Å². The number of nitrogens with zero attached hydrogens (tertiary/aromatic N) is 2. The van der Waals surface area contributed by atoms with Crippen LogP contribution < -0.4 is 10.2 Å². The summed E-state index contributed by atoms with van der Waals surface area (Å²) in [5.41, 5.74) is 3.69. The van der Waals surface area contributed by atoms with Crippen molar-refractivity contribution in [3.05, 3.63) is 41.5 Å². The Bertz CT molecular complexity index is 762. The highest BCUT2D eigenvalue weighted by molar-refractivity contribution is 7.17. The molecule has 0 spiro atoms. The number of hydrogen-bond donors (Lipinski definition) is 2. The van der Waals surface area contributed by atoms with Crippen LogP contribution in [-0.2, 0) is 0 Å². The van der Waals surface area contributed by atoms with Gasteiger partial charge in [-0.1, -0.05) is 29.8 Å². The number of rotatable bonds is 5. The Morgan fingerprint density at radius 2 is 1.91 bits per heavy atom. The van der Waals surface area contributed by atoms with Crippen molar-refractivity contribution in [1.82, 2.24) is 9.97 Å². The molecule has 3 aromatic rings. The van der Waals surface area contributed by atoms with Crippen molar-refractivity contribution >= 4 is 27.4 Å². The van der Waals surface area contributed by atoms with E-state index in [1.54, 1.807) is 17.7 Å². The highest BCUT2D eigenvalue weighted by Gasteiger charge is 2.13. The number of thiophene rings is 1. The monoisotopic (exact) mass is 313 g/mol. The molecular formula is C17H21N4S+. The van der Waals surface area contributed by atoms with Crippen molar-refractivity contribution in [3.8, 4) is 11.1 Å². The van der Waals surface area contributed by atoms with E-state index >= 15 is 0 Å². The molecule has 0 saturated heterocycles. The molecule has 0 bridgehead atoms. The average Bonchev–Trinajstić information content (AvgIpc) is 2.93. The summed E-state index contributed by atoms with van der Waals surface area (Å²) in [6, 6.07) is 8.62. The molecule has 4 nitrogen and oxygen atoms in total. The number of aryl methyl sites for hydroxylation is 1. The maximum atomic E-state index is 4.45. The largest absolute Gasteiger partial charge is 0.364 e. The number of aromatic nitrogens is 2. The van der Waals surface area contributed by atoms with Gasteiger partial charge in [0.2, 0.25) is 0 Å². The van der Waals surface area contributed by atoms with Gasteiger partial charge < -0.3 is 10.2 Å². The number of likely N-dealkylation sites (N-methyl/N-ethyl adjacent to an activating group) is 1. The molecular weight excluding hydrogens is 292 g/mol. The number of benzene rings is 1. The summed E-state index contributed by atoms with van der Waals surface area (Å²) in [6.45, 7) is 4.06. The van der Waals surface area contributed by atoms with Gasteiger partial charge >= 0.3 is 0 Å². The molecule has 0 fully saturated rings. The molecule has 0 aliphatic heterocycles. The highest BCUT2D eigenvalue weighted by atomic mass is 32.1. The Labute approximate surface area is 134 Å². The fourth-order valence-electron chi connectivity index (χ4n) is 2.39. The summed E-state index contributed by atoms with van der Waals surface area (Å²) >= 11 is 1.67. The van der Waals surface area contributed by atoms with E-state index in [9.17, 15) is 0 Å². The standard InChI is InChI=1S/C17H20N4S/c1-12-4-6-13(7-5-12)14-10-22-17-15(14)16(19-11-20-17)18-8-9-21(2)3/h4-7,10-11H,8-9H2,1-3H3,(H,18,19,20)/p+1. The molecule has 22 heavy (non-hydrogen) atoms. The summed E-state index contributed by atoms with van der Waals surface area (Å²) in [5, 5.41) is 6.76. The molecule has 2 N–H and O–H groups in total. The Morgan fingerprint density at radius 1 is 1.14 bits per heavy atom. The van der Waals surface area contributed by atoms with Crippen molar-refractivity contribution in [2.75, 3.05) is 32.5 Å². The van der Waals surface area contributed by atoms with Gasteiger partial charge in [-0.2, -0.15) is 0 Å². The molecule has 1 aromatic carbocycles. The lowest BCUT2D eigenvalue weighted by Crippen LogP contribution is -3.06. The summed E-state index contributed by atoms with van der Waals surface area (Å²) in [4.78, 5) is 11.3. The SMILES string of the molecule is Cc1ccc(-c2csc3ncnc(NCC[NH+](C)C)c23)cc1. The summed E-state index contributed by atoms with van der Waals surface area (Å²) in [7, 11) is 4.30. The Hall–Kier alpha value is -1.98. The summed E-state index contributed by atoms with van der Waals surface area (Å²) < 4.78 is 0. The van der Waals surface area contributed by atoms with Gasteiger partial charge in [0.25, 0.3) is 0 Å². The van der Waals surface area contributed by atoms with Crippen LogP contribution >= 0.6 is 11.3 Å². The van der Waals surface area contributed by atoms with E-state index in [4.69, 9.17) is 0 Å². The van der Waals surface area contributed by atoms with Crippen molar-refractivity contribution < 1.29 is 4.90 Å². The van der Waals surface area contributed by atoms with E-state index in [1.807, 2.05) is 0 Å². The molecule has 3 rings (SSSR count). The van der Waals surface area contributed by atoms with Crippen LogP contribution in [0.2, 0.25) is 0 Å². The van der Waals surface area contributed by atoms with Gasteiger partial charge in [0.05, 0.1) is 32.6 Å². The minimum absolute atomic E-state index is 0.900. The Kier molecular flexibility index (Phi) is 4.36. The molecule has 0 radical (unpaired) electrons. The Morgan fingerprint density at radius 3 is 2.64 bits per heavy atom. The lowest BCUT2D eigenvalue weighted by Gasteiger charge is -2.10. The Balaban J connectivity index is 1.99. The molecule has 0 aliphatic rings. The fraction of sp³-hybridized carbons (Fsp3) is 0.294. The first kappa shape index (κ1) is 14.9. The molecule has 114 valence electrons. The quantitative estimate of drug-likeness (QED) is 0.759. The molecule has 2 aromatic heterocycles. The topological polar surface area (TPSA) is 42.2 Å². The number of anilines is 1. The van der Waals surface area contributed by atoms with Gasteiger partial charge in [-0.25, -0.2) is 9.97 Å². The van der Waals surface area contributed by atoms with Gasteiger partial charge in [0.15, 0.2) is 0 Å². The normalized spacial score (nSPS) is 11.3. The van der Waals surface area contributed by atoms with E-state index < -0.39 is 0 Å². The smallest absolute Gasteiger partial charge is 0.139 e. The van der Waals surface area contributed by atoms with Crippen molar-refractivity contribution in [2.24, 2.45) is 0 Å². The van der Waals surface area contributed by atoms with E-state index in [0.29, 0.717) is 0 Å². The zero-order chi connectivity index (χ0) is 15.5. The number of fused-ring (bicyclic) bond motifs is 1. The second-order valence-corrected chi connectivity index (χ2v) is 6.66. The van der Waals surface area contributed by atoms with Crippen LogP contribution in [0.5, 0.6) is 0 Å². The van der Waals surface area contributed by atoms with E-state index in [2.05, 4.69) is 65.9 Å². The molecule has 0 amide bonds. The van der Waals surface area contributed by atoms with Gasteiger partial charge in [0, 0.05) is 10.9 Å². The summed E-state index contributed by atoms with van der Waals surface area (Å²) in [5.74, 6) is 0.933. The number of hydrogen-bond acceptors (Lipinski definition) is 4. The lowest BCUT2D eigenvalue weighted by molar-refractivity contribution is -0.856. The van der Waals surface area contributed by atoms with E-state index in [1.165, 1.54) is 21.6 Å². The van der Waals surface area contributed by atoms with Crippen LogP contribution in [0.4, 0.5) is 5.82 Å². The molecule has 0 saturated carbocycles. The van der Waals surface area contributed by atoms with Crippen LogP contribution in [0, 0.1) is 6.92 Å². The molecule has 0 aliphatic carbocycles. The molecule has 0 unspecified atom stereocenters. The molecule has 5 heteroatoms. The van der Waals surface area contributed by atoms with Crippen molar-refractivity contribution in [1.29, 1.82) is 0 Å². The van der Waals surface area contributed by atoms with E-state index in [-0.39, 0.29) is 0 Å². The second-order valence-electron chi connectivity index (χ2n) is 5.80.